The predicted octanol–water partition coefficient (Wildman–Crippen LogP) is -1.88. The number of hydrogen-bond acceptors (Lipinski definition) is 2. The second-order valence-corrected chi connectivity index (χ2v) is 2.73. The third kappa shape index (κ3) is 1.52. The van der Waals surface area contributed by atoms with Crippen LogP contribution in [0.3, 0.4) is 0 Å². The van der Waals surface area contributed by atoms with Gasteiger partial charge in [-0.2, -0.15) is 0 Å². The Balaban J connectivity index is 2.29. The first kappa shape index (κ1) is 6.15. The molecule has 8 heavy (non-hydrogen) atoms. The van der Waals surface area contributed by atoms with Gasteiger partial charge in [-0.1, -0.05) is 0 Å². The van der Waals surface area contributed by atoms with Crippen LogP contribution in [-0.4, -0.2) is 28.5 Å². The first-order chi connectivity index (χ1) is 3.79. The lowest BCUT2D eigenvalue weighted by atomic mass is 10.4. The van der Waals surface area contributed by atoms with Crippen LogP contribution in [0.1, 0.15) is 0 Å². The van der Waals surface area contributed by atoms with Gasteiger partial charge in [0.05, 0.1) is 6.10 Å². The quantitative estimate of drug-likeness (QED) is 0.365. The second-order valence-electron chi connectivity index (χ2n) is 1.62. The predicted molar refractivity (Wildman–Crippen MR) is 30.2 cm³/mol. The van der Waals surface area contributed by atoms with E-state index in [-0.39, 0.29) is 0 Å². The van der Waals surface area contributed by atoms with Gasteiger partial charge in [-0.25, -0.2) is 13.7 Å². The van der Waals surface area contributed by atoms with Gasteiger partial charge in [0.25, 0.3) is 0 Å². The van der Waals surface area contributed by atoms with E-state index in [1.807, 2.05) is 0 Å². The average Bonchev–Trinajstić information content (AvgIpc) is 1.77. The van der Waals surface area contributed by atoms with Gasteiger partial charge in [-0.3, -0.25) is 0 Å². The smallest absolute Gasteiger partial charge is 0.167 e. The molecular weight excluding hydrogens is 128 g/mol. The van der Waals surface area contributed by atoms with Crippen molar-refractivity contribution >= 4 is 11.2 Å². The SMILES string of the molecule is O=S1NCC(O)CN1. The van der Waals surface area contributed by atoms with Crippen LogP contribution in [0.15, 0.2) is 0 Å². The molecule has 48 valence electrons. The molecule has 5 heteroatoms. The lowest BCUT2D eigenvalue weighted by Crippen LogP contribution is -2.47. The molecule has 0 unspecified atom stereocenters. The zero-order valence-electron chi connectivity index (χ0n) is 4.26. The Kier molecular flexibility index (Phi) is 1.95. The van der Waals surface area contributed by atoms with Crippen LogP contribution < -0.4 is 9.44 Å². The molecule has 0 aromatic rings. The molecule has 1 rings (SSSR count). The number of hydrogen-bond donors (Lipinski definition) is 3. The molecule has 0 atom stereocenters. The molecule has 4 nitrogen and oxygen atoms in total. The van der Waals surface area contributed by atoms with Crippen LogP contribution in [0.25, 0.3) is 0 Å². The van der Waals surface area contributed by atoms with E-state index in [0.717, 1.165) is 0 Å². The molecule has 1 saturated heterocycles. The maximum Gasteiger partial charge on any atom is 0.167 e. The van der Waals surface area contributed by atoms with Crippen molar-refractivity contribution in [2.45, 2.75) is 6.10 Å². The molecule has 0 aromatic heterocycles. The first-order valence-electron chi connectivity index (χ1n) is 2.36. The molecule has 0 aromatic carbocycles. The maximum atomic E-state index is 10.4. The van der Waals surface area contributed by atoms with Gasteiger partial charge in [-0.15, -0.1) is 0 Å². The lowest BCUT2D eigenvalue weighted by Gasteiger charge is -2.17. The Morgan fingerprint density at radius 3 is 2.38 bits per heavy atom. The molecule has 1 aliphatic rings. The van der Waals surface area contributed by atoms with E-state index in [9.17, 15) is 4.21 Å². The fraction of sp³-hybridized carbons (Fsp3) is 1.00. The van der Waals surface area contributed by atoms with Crippen LogP contribution in [0.2, 0.25) is 0 Å². The molecule has 1 fully saturated rings. The molecule has 1 aliphatic heterocycles. The first-order valence-corrected chi connectivity index (χ1v) is 3.51. The molecule has 1 heterocycles. The standard InChI is InChI=1S/C3H8N2O2S/c6-3-1-4-8(7)5-2-3/h3-6H,1-2H2. The maximum absolute atomic E-state index is 10.4. The van der Waals surface area contributed by atoms with Gasteiger partial charge in [0, 0.05) is 13.1 Å². The minimum Gasteiger partial charge on any atom is -0.390 e. The van der Waals surface area contributed by atoms with Crippen LogP contribution >= 0.6 is 0 Å². The van der Waals surface area contributed by atoms with Crippen LogP contribution in [0.4, 0.5) is 0 Å². The van der Waals surface area contributed by atoms with E-state index < -0.39 is 17.3 Å². The number of nitrogens with one attached hydrogen (secondary N) is 2. The van der Waals surface area contributed by atoms with Gasteiger partial charge in [0.1, 0.15) is 0 Å². The topological polar surface area (TPSA) is 61.4 Å². The van der Waals surface area contributed by atoms with E-state index in [0.29, 0.717) is 13.1 Å². The van der Waals surface area contributed by atoms with Gasteiger partial charge in [0.2, 0.25) is 0 Å². The highest BCUT2D eigenvalue weighted by Gasteiger charge is 2.12. The Labute approximate surface area is 50.0 Å². The second kappa shape index (κ2) is 2.54. The third-order valence-electron chi connectivity index (χ3n) is 0.900. The Hall–Kier alpha value is 0.0300. The molecular formula is C3H8N2O2S. The third-order valence-corrected chi connectivity index (χ3v) is 1.76. The van der Waals surface area contributed by atoms with Crippen molar-refractivity contribution in [2.75, 3.05) is 13.1 Å². The highest BCUT2D eigenvalue weighted by atomic mass is 32.2. The average molecular weight is 136 g/mol. The molecule has 0 radical (unpaired) electrons. The van der Waals surface area contributed by atoms with Crippen molar-refractivity contribution in [1.29, 1.82) is 0 Å². The Bertz CT molecular complexity index is 97.5. The van der Waals surface area contributed by atoms with E-state index in [1.54, 1.807) is 0 Å². The minimum absolute atomic E-state index is 0.396. The van der Waals surface area contributed by atoms with Gasteiger partial charge in [-0.05, 0) is 0 Å². The summed E-state index contributed by atoms with van der Waals surface area (Å²) >= 11 is -1.12. The molecule has 0 spiro atoms. The summed E-state index contributed by atoms with van der Waals surface area (Å²) in [6.07, 6.45) is -0.396. The van der Waals surface area contributed by atoms with Crippen LogP contribution in [0.5, 0.6) is 0 Å². The van der Waals surface area contributed by atoms with E-state index in [1.165, 1.54) is 0 Å². The minimum atomic E-state index is -1.12. The molecule has 3 N–H and O–H groups in total. The van der Waals surface area contributed by atoms with Gasteiger partial charge in [0.15, 0.2) is 11.2 Å². The van der Waals surface area contributed by atoms with E-state index in [2.05, 4.69) is 9.44 Å². The van der Waals surface area contributed by atoms with Crippen LogP contribution in [-0.2, 0) is 11.2 Å². The van der Waals surface area contributed by atoms with Crippen molar-refractivity contribution in [3.63, 3.8) is 0 Å². The summed E-state index contributed by atoms with van der Waals surface area (Å²) in [5, 5.41) is 8.77. The zero-order chi connectivity index (χ0) is 5.98. The number of aliphatic hydroxyl groups excluding tert-OH is 1. The fourth-order valence-corrected chi connectivity index (χ4v) is 1.26. The van der Waals surface area contributed by atoms with Crippen molar-refractivity contribution in [3.05, 3.63) is 0 Å². The van der Waals surface area contributed by atoms with Crippen molar-refractivity contribution in [2.24, 2.45) is 0 Å². The Morgan fingerprint density at radius 1 is 1.50 bits per heavy atom. The summed E-state index contributed by atoms with van der Waals surface area (Å²) in [6, 6.07) is 0. The molecule has 0 amide bonds. The van der Waals surface area contributed by atoms with Crippen molar-refractivity contribution in [3.8, 4) is 0 Å². The largest absolute Gasteiger partial charge is 0.390 e. The van der Waals surface area contributed by atoms with Gasteiger partial charge < -0.3 is 5.11 Å². The monoisotopic (exact) mass is 136 g/mol. The van der Waals surface area contributed by atoms with Crippen molar-refractivity contribution in [1.82, 2.24) is 9.44 Å². The summed E-state index contributed by atoms with van der Waals surface area (Å²) in [5.74, 6) is 0. The van der Waals surface area contributed by atoms with Crippen molar-refractivity contribution < 1.29 is 9.32 Å². The highest BCUT2D eigenvalue weighted by molar-refractivity contribution is 7.81. The summed E-state index contributed by atoms with van der Waals surface area (Å²) in [4.78, 5) is 0. The summed E-state index contributed by atoms with van der Waals surface area (Å²) in [7, 11) is 0. The normalized spacial score (nSPS) is 39.6. The molecule has 0 aliphatic carbocycles. The molecule has 0 saturated carbocycles. The number of aliphatic hydroxyl groups is 1. The van der Waals surface area contributed by atoms with E-state index >= 15 is 0 Å². The number of rotatable bonds is 0. The fourth-order valence-electron chi connectivity index (χ4n) is 0.467. The summed E-state index contributed by atoms with van der Waals surface area (Å²) < 4.78 is 15.5. The van der Waals surface area contributed by atoms with Gasteiger partial charge >= 0.3 is 0 Å². The lowest BCUT2D eigenvalue weighted by molar-refractivity contribution is 0.177. The Morgan fingerprint density at radius 2 is 2.00 bits per heavy atom. The molecule has 0 bridgehead atoms. The summed E-state index contributed by atoms with van der Waals surface area (Å²) in [5.41, 5.74) is 0. The highest BCUT2D eigenvalue weighted by Crippen LogP contribution is 1.84. The summed E-state index contributed by atoms with van der Waals surface area (Å²) in [6.45, 7) is 0.833. The van der Waals surface area contributed by atoms with E-state index in [4.69, 9.17) is 5.11 Å². The number of β-amino-alcohol motifs (C(OH)–C–C–N with tert-alkyl or cyclic N) is 1. The van der Waals surface area contributed by atoms with Crippen LogP contribution in [0, 0.1) is 0 Å². The zero-order valence-corrected chi connectivity index (χ0v) is 5.07.